The fourth-order valence-corrected chi connectivity index (χ4v) is 6.58. The van der Waals surface area contributed by atoms with E-state index in [4.69, 9.17) is 4.74 Å². The van der Waals surface area contributed by atoms with E-state index in [0.717, 1.165) is 79.2 Å². The fraction of sp³-hybridized carbons (Fsp3) is 0.391. The van der Waals surface area contributed by atoms with Crippen LogP contribution in [0.4, 0.5) is 0 Å². The van der Waals surface area contributed by atoms with Gasteiger partial charge in [-0.2, -0.15) is 0 Å². The molecule has 0 spiro atoms. The molecule has 0 bridgehead atoms. The summed E-state index contributed by atoms with van der Waals surface area (Å²) in [4.78, 5) is 5.33. The summed E-state index contributed by atoms with van der Waals surface area (Å²) < 4.78 is 33.8. The fourth-order valence-electron chi connectivity index (χ4n) is 4.82. The first-order valence-corrected chi connectivity index (χ1v) is 12.0. The molecule has 30 heavy (non-hydrogen) atoms. The maximum Gasteiger partial charge on any atom is 0.269 e. The third kappa shape index (κ3) is 2.95. The first-order valence-electron chi connectivity index (χ1n) is 10.6. The van der Waals surface area contributed by atoms with Gasteiger partial charge in [-0.1, -0.05) is 25.1 Å². The van der Waals surface area contributed by atoms with Crippen LogP contribution in [-0.4, -0.2) is 62.0 Å². The normalized spacial score (nSPS) is 18.9. The van der Waals surface area contributed by atoms with Gasteiger partial charge in [0.15, 0.2) is 0 Å². The predicted octanol–water partition coefficient (Wildman–Crippen LogP) is 3.39. The van der Waals surface area contributed by atoms with Gasteiger partial charge in [0.1, 0.15) is 5.75 Å². The van der Waals surface area contributed by atoms with Crippen LogP contribution in [0.1, 0.15) is 18.9 Å². The van der Waals surface area contributed by atoms with E-state index in [1.54, 1.807) is 19.2 Å². The summed E-state index contributed by atoms with van der Waals surface area (Å²) >= 11 is 0. The van der Waals surface area contributed by atoms with Crippen molar-refractivity contribution in [1.82, 2.24) is 13.8 Å². The van der Waals surface area contributed by atoms with Gasteiger partial charge in [-0.25, -0.2) is 12.4 Å². The Labute approximate surface area is 177 Å². The second-order valence-electron chi connectivity index (χ2n) is 8.04. The monoisotopic (exact) mass is 425 g/mol. The van der Waals surface area contributed by atoms with Crippen LogP contribution in [0.5, 0.6) is 5.75 Å². The highest BCUT2D eigenvalue weighted by Crippen LogP contribution is 2.45. The van der Waals surface area contributed by atoms with Gasteiger partial charge in [0, 0.05) is 36.1 Å². The standard InChI is InChI=1S/C23H27N3O3S/c1-3-24-11-6-12-25(14-13-24)16-20-19-15-17(29-2)9-10-21(19)26-23(20)18-7-4-5-8-22(18)30(26,27)28/h4-5,7-10,15H,3,6,11-14,16H2,1-2H3. The molecular weight excluding hydrogens is 398 g/mol. The molecule has 6 nitrogen and oxygen atoms in total. The minimum Gasteiger partial charge on any atom is -0.497 e. The highest BCUT2D eigenvalue weighted by molar-refractivity contribution is 7.90. The Bertz CT molecular complexity index is 1220. The molecule has 2 aliphatic rings. The lowest BCUT2D eigenvalue weighted by Gasteiger charge is -2.21. The van der Waals surface area contributed by atoms with E-state index in [1.165, 1.54) is 3.97 Å². The molecule has 2 aliphatic heterocycles. The second kappa shape index (κ2) is 7.41. The zero-order valence-electron chi connectivity index (χ0n) is 17.5. The van der Waals surface area contributed by atoms with Crippen molar-refractivity contribution in [3.05, 3.63) is 48.0 Å². The molecule has 2 aromatic carbocycles. The number of aromatic nitrogens is 1. The second-order valence-corrected chi connectivity index (χ2v) is 9.79. The molecule has 0 radical (unpaired) electrons. The molecule has 7 heteroatoms. The molecule has 1 aromatic heterocycles. The number of nitrogens with zero attached hydrogens (tertiary/aromatic N) is 3. The lowest BCUT2D eigenvalue weighted by Crippen LogP contribution is -2.30. The molecule has 0 atom stereocenters. The number of hydrogen-bond acceptors (Lipinski definition) is 5. The summed E-state index contributed by atoms with van der Waals surface area (Å²) in [6.07, 6.45) is 1.13. The number of fused-ring (bicyclic) bond motifs is 5. The number of hydrogen-bond donors (Lipinski definition) is 0. The van der Waals surface area contributed by atoms with E-state index in [9.17, 15) is 8.42 Å². The van der Waals surface area contributed by atoms with Crippen molar-refractivity contribution >= 4 is 20.9 Å². The summed E-state index contributed by atoms with van der Waals surface area (Å²) in [5.41, 5.74) is 3.41. The molecular formula is C23H27N3O3S. The van der Waals surface area contributed by atoms with Crippen molar-refractivity contribution in [2.45, 2.75) is 24.8 Å². The van der Waals surface area contributed by atoms with Gasteiger partial charge < -0.3 is 9.64 Å². The Hall–Kier alpha value is -2.35. The minimum absolute atomic E-state index is 0.395. The zero-order chi connectivity index (χ0) is 20.9. The van der Waals surface area contributed by atoms with Gasteiger partial charge in [-0.15, -0.1) is 0 Å². The Morgan fingerprint density at radius 1 is 1.00 bits per heavy atom. The van der Waals surface area contributed by atoms with Crippen molar-refractivity contribution < 1.29 is 13.2 Å². The maximum atomic E-state index is 13.4. The smallest absolute Gasteiger partial charge is 0.269 e. The van der Waals surface area contributed by atoms with E-state index in [1.807, 2.05) is 30.3 Å². The number of benzene rings is 2. The van der Waals surface area contributed by atoms with Crippen molar-refractivity contribution in [1.29, 1.82) is 0 Å². The lowest BCUT2D eigenvalue weighted by molar-refractivity contribution is 0.258. The summed E-state index contributed by atoms with van der Waals surface area (Å²) in [5, 5.41) is 0.957. The molecule has 1 saturated heterocycles. The Morgan fingerprint density at radius 3 is 2.57 bits per heavy atom. The molecule has 0 aliphatic carbocycles. The minimum atomic E-state index is -3.60. The van der Waals surface area contributed by atoms with E-state index < -0.39 is 10.0 Å². The topological polar surface area (TPSA) is 54.8 Å². The molecule has 1 fully saturated rings. The van der Waals surface area contributed by atoms with Crippen LogP contribution in [0.2, 0.25) is 0 Å². The summed E-state index contributed by atoms with van der Waals surface area (Å²) in [6, 6.07) is 13.0. The van der Waals surface area contributed by atoms with Crippen LogP contribution in [0.15, 0.2) is 47.4 Å². The summed E-state index contributed by atoms with van der Waals surface area (Å²) in [6.45, 7) is 8.17. The number of ether oxygens (including phenoxy) is 1. The maximum absolute atomic E-state index is 13.4. The Kier molecular flexibility index (Phi) is 4.84. The molecule has 5 rings (SSSR count). The van der Waals surface area contributed by atoms with E-state index >= 15 is 0 Å². The van der Waals surface area contributed by atoms with Crippen molar-refractivity contribution in [2.24, 2.45) is 0 Å². The molecule has 158 valence electrons. The molecule has 0 amide bonds. The van der Waals surface area contributed by atoms with Crippen LogP contribution < -0.4 is 4.74 Å². The number of likely N-dealkylation sites (N-methyl/N-ethyl adjacent to an activating group) is 1. The van der Waals surface area contributed by atoms with Gasteiger partial charge in [0.05, 0.1) is 23.2 Å². The summed E-state index contributed by atoms with van der Waals surface area (Å²) in [5.74, 6) is 0.742. The third-order valence-corrected chi connectivity index (χ3v) is 8.18. The van der Waals surface area contributed by atoms with Gasteiger partial charge in [-0.3, -0.25) is 4.90 Å². The molecule has 0 saturated carbocycles. The highest BCUT2D eigenvalue weighted by atomic mass is 32.2. The van der Waals surface area contributed by atoms with E-state index in [-0.39, 0.29) is 0 Å². The van der Waals surface area contributed by atoms with E-state index in [2.05, 4.69) is 16.7 Å². The first-order chi connectivity index (χ1) is 14.5. The quantitative estimate of drug-likeness (QED) is 0.502. The predicted molar refractivity (Wildman–Crippen MR) is 119 cm³/mol. The van der Waals surface area contributed by atoms with Crippen molar-refractivity contribution in [3.8, 4) is 17.0 Å². The molecule has 0 N–H and O–H groups in total. The average Bonchev–Trinajstić information content (AvgIpc) is 3.07. The van der Waals surface area contributed by atoms with Crippen molar-refractivity contribution in [2.75, 3.05) is 39.8 Å². The lowest BCUT2D eigenvalue weighted by atomic mass is 10.0. The number of methoxy groups -OCH3 is 1. The average molecular weight is 426 g/mol. The van der Waals surface area contributed by atoms with Crippen LogP contribution in [0, 0.1) is 0 Å². The van der Waals surface area contributed by atoms with Gasteiger partial charge >= 0.3 is 0 Å². The van der Waals surface area contributed by atoms with Gasteiger partial charge in [-0.05, 0) is 50.3 Å². The van der Waals surface area contributed by atoms with Crippen LogP contribution in [0.3, 0.4) is 0 Å². The van der Waals surface area contributed by atoms with Crippen molar-refractivity contribution in [3.63, 3.8) is 0 Å². The van der Waals surface area contributed by atoms with Crippen LogP contribution in [0.25, 0.3) is 22.2 Å². The van der Waals surface area contributed by atoms with Gasteiger partial charge in [0.25, 0.3) is 10.0 Å². The Morgan fingerprint density at radius 2 is 1.77 bits per heavy atom. The first kappa shape index (κ1) is 19.6. The highest BCUT2D eigenvalue weighted by Gasteiger charge is 2.37. The summed E-state index contributed by atoms with van der Waals surface area (Å²) in [7, 11) is -1.96. The molecule has 0 unspecified atom stereocenters. The Balaban J connectivity index is 1.69. The molecule has 3 aromatic rings. The third-order valence-electron chi connectivity index (χ3n) is 6.41. The number of rotatable bonds is 4. The largest absolute Gasteiger partial charge is 0.497 e. The SMILES string of the molecule is CCN1CCCN(Cc2c3n(c4ccc(OC)cc24)S(=O)(=O)c2ccccc2-3)CC1. The zero-order valence-corrected chi connectivity index (χ0v) is 18.3. The van der Waals surface area contributed by atoms with E-state index in [0.29, 0.717) is 4.90 Å². The van der Waals surface area contributed by atoms with Gasteiger partial charge in [0.2, 0.25) is 0 Å². The molecule has 3 heterocycles. The van der Waals surface area contributed by atoms with Crippen LogP contribution in [-0.2, 0) is 16.6 Å². The van der Waals surface area contributed by atoms with Crippen LogP contribution >= 0.6 is 0 Å².